The zero-order valence-corrected chi connectivity index (χ0v) is 12.8. The van der Waals surface area contributed by atoms with Gasteiger partial charge in [0.15, 0.2) is 0 Å². The van der Waals surface area contributed by atoms with E-state index in [2.05, 4.69) is 26.0 Å². The molecular formula is C13H24N6O. The van der Waals surface area contributed by atoms with Gasteiger partial charge in [0.25, 0.3) is 0 Å². The molecule has 112 valence electrons. The Balaban J connectivity index is 2.96. The molecule has 0 unspecified atom stereocenters. The summed E-state index contributed by atoms with van der Waals surface area (Å²) in [4.78, 5) is 20.2. The molecule has 1 amide bonds. The largest absolute Gasteiger partial charge is 0.369 e. The summed E-state index contributed by atoms with van der Waals surface area (Å²) < 4.78 is 0. The third kappa shape index (κ3) is 4.06. The standard InChI is InChI=1S/C13H24N6O/c1-8-10(16-7-6-9(20)15-5)17-12(13(2,3)4)18-11(8)19-14/h6-7,14H2,1-5H3,(H,15,20)(H2,16,17,18,19). The molecule has 1 aromatic heterocycles. The van der Waals surface area contributed by atoms with Crippen LogP contribution in [0, 0.1) is 6.92 Å². The van der Waals surface area contributed by atoms with Crippen molar-refractivity contribution in [3.63, 3.8) is 0 Å². The van der Waals surface area contributed by atoms with Gasteiger partial charge in [-0.1, -0.05) is 20.8 Å². The second-order valence-electron chi connectivity index (χ2n) is 5.61. The van der Waals surface area contributed by atoms with E-state index >= 15 is 0 Å². The lowest BCUT2D eigenvalue weighted by atomic mass is 9.95. The highest BCUT2D eigenvalue weighted by Gasteiger charge is 2.20. The third-order valence-electron chi connectivity index (χ3n) is 2.88. The number of hydrogen-bond acceptors (Lipinski definition) is 6. The van der Waals surface area contributed by atoms with Gasteiger partial charge < -0.3 is 16.1 Å². The Morgan fingerprint density at radius 3 is 2.35 bits per heavy atom. The van der Waals surface area contributed by atoms with Crippen molar-refractivity contribution in [1.82, 2.24) is 15.3 Å². The van der Waals surface area contributed by atoms with E-state index in [4.69, 9.17) is 5.84 Å². The quantitative estimate of drug-likeness (QED) is 0.472. The minimum absolute atomic E-state index is 0.0163. The van der Waals surface area contributed by atoms with Crippen LogP contribution in [0.5, 0.6) is 0 Å². The maximum Gasteiger partial charge on any atom is 0.221 e. The Morgan fingerprint density at radius 2 is 1.85 bits per heavy atom. The van der Waals surface area contributed by atoms with E-state index in [-0.39, 0.29) is 11.3 Å². The summed E-state index contributed by atoms with van der Waals surface area (Å²) in [5, 5.41) is 5.74. The van der Waals surface area contributed by atoms with Gasteiger partial charge in [-0.25, -0.2) is 15.8 Å². The van der Waals surface area contributed by atoms with Crippen molar-refractivity contribution in [2.45, 2.75) is 39.5 Å². The fraction of sp³-hybridized carbons (Fsp3) is 0.615. The smallest absolute Gasteiger partial charge is 0.221 e. The zero-order chi connectivity index (χ0) is 15.3. The number of nitrogens with one attached hydrogen (secondary N) is 3. The number of anilines is 2. The molecule has 0 fully saturated rings. The Morgan fingerprint density at radius 1 is 1.25 bits per heavy atom. The number of carbonyl (C=O) groups is 1. The van der Waals surface area contributed by atoms with E-state index < -0.39 is 0 Å². The summed E-state index contributed by atoms with van der Waals surface area (Å²) in [5.74, 6) is 7.46. The van der Waals surface area contributed by atoms with Gasteiger partial charge in [-0.2, -0.15) is 0 Å². The van der Waals surface area contributed by atoms with Gasteiger partial charge in [-0.3, -0.25) is 4.79 Å². The third-order valence-corrected chi connectivity index (χ3v) is 2.88. The summed E-state index contributed by atoms with van der Waals surface area (Å²) >= 11 is 0. The van der Waals surface area contributed by atoms with Crippen LogP contribution in [0.4, 0.5) is 11.6 Å². The van der Waals surface area contributed by atoms with Crippen LogP contribution in [0.3, 0.4) is 0 Å². The first kappa shape index (κ1) is 16.2. The molecule has 0 saturated carbocycles. The molecule has 7 nitrogen and oxygen atoms in total. The number of carbonyl (C=O) groups excluding carboxylic acids is 1. The van der Waals surface area contributed by atoms with Crippen LogP contribution in [0.2, 0.25) is 0 Å². The zero-order valence-electron chi connectivity index (χ0n) is 12.8. The normalized spacial score (nSPS) is 11.1. The first-order chi connectivity index (χ1) is 9.29. The highest BCUT2D eigenvalue weighted by Crippen LogP contribution is 2.25. The first-order valence-corrected chi connectivity index (χ1v) is 6.59. The predicted octanol–water partition coefficient (Wildman–Crippen LogP) is 0.916. The maximum atomic E-state index is 11.2. The highest BCUT2D eigenvalue weighted by atomic mass is 16.1. The Labute approximate surface area is 119 Å². The Kier molecular flexibility index (Phi) is 5.26. The lowest BCUT2D eigenvalue weighted by Crippen LogP contribution is -2.23. The number of hydrogen-bond donors (Lipinski definition) is 4. The van der Waals surface area contributed by atoms with E-state index in [1.165, 1.54) is 0 Å². The van der Waals surface area contributed by atoms with Crippen LogP contribution in [0.15, 0.2) is 0 Å². The van der Waals surface area contributed by atoms with E-state index in [9.17, 15) is 4.79 Å². The fourth-order valence-corrected chi connectivity index (χ4v) is 1.58. The number of nitrogen functional groups attached to an aromatic ring is 1. The SMILES string of the molecule is CNC(=O)CCNc1nc(C(C)(C)C)nc(NN)c1C. The number of aromatic nitrogens is 2. The molecule has 1 rings (SSSR count). The van der Waals surface area contributed by atoms with Crippen LogP contribution in [0.1, 0.15) is 38.6 Å². The van der Waals surface area contributed by atoms with E-state index in [1.54, 1.807) is 7.05 Å². The molecule has 0 spiro atoms. The predicted molar refractivity (Wildman–Crippen MR) is 80.5 cm³/mol. The second kappa shape index (κ2) is 6.51. The molecular weight excluding hydrogens is 256 g/mol. The topological polar surface area (TPSA) is 105 Å². The number of nitrogens with zero attached hydrogens (tertiary/aromatic N) is 2. The second-order valence-corrected chi connectivity index (χ2v) is 5.61. The van der Waals surface area contributed by atoms with Crippen molar-refractivity contribution in [2.24, 2.45) is 5.84 Å². The molecule has 0 aliphatic heterocycles. The van der Waals surface area contributed by atoms with Crippen molar-refractivity contribution in [3.8, 4) is 0 Å². The molecule has 0 saturated heterocycles. The van der Waals surface area contributed by atoms with Gasteiger partial charge >= 0.3 is 0 Å². The van der Waals surface area contributed by atoms with E-state index in [1.807, 2.05) is 27.7 Å². The molecule has 20 heavy (non-hydrogen) atoms. The lowest BCUT2D eigenvalue weighted by molar-refractivity contribution is -0.120. The summed E-state index contributed by atoms with van der Waals surface area (Å²) in [5.41, 5.74) is 3.24. The molecule has 0 aliphatic rings. The monoisotopic (exact) mass is 280 g/mol. The molecule has 1 heterocycles. The van der Waals surface area contributed by atoms with Crippen LogP contribution >= 0.6 is 0 Å². The van der Waals surface area contributed by atoms with Crippen LogP contribution in [0.25, 0.3) is 0 Å². The molecule has 0 atom stereocenters. The number of rotatable bonds is 5. The van der Waals surface area contributed by atoms with Gasteiger partial charge in [0.05, 0.1) is 0 Å². The highest BCUT2D eigenvalue weighted by molar-refractivity contribution is 5.76. The van der Waals surface area contributed by atoms with E-state index in [0.29, 0.717) is 30.4 Å². The summed E-state index contributed by atoms with van der Waals surface area (Å²) in [7, 11) is 1.62. The Bertz CT molecular complexity index is 480. The minimum Gasteiger partial charge on any atom is -0.369 e. The van der Waals surface area contributed by atoms with Gasteiger partial charge in [-0.05, 0) is 6.92 Å². The van der Waals surface area contributed by atoms with Gasteiger partial charge in [0.2, 0.25) is 5.91 Å². The summed E-state index contributed by atoms with van der Waals surface area (Å²) in [6.07, 6.45) is 0.385. The van der Waals surface area contributed by atoms with Gasteiger partial charge in [0.1, 0.15) is 17.5 Å². The molecule has 0 aromatic carbocycles. The van der Waals surface area contributed by atoms with Crippen molar-refractivity contribution in [3.05, 3.63) is 11.4 Å². The Hall–Kier alpha value is -1.89. The van der Waals surface area contributed by atoms with Crippen molar-refractivity contribution >= 4 is 17.5 Å². The molecule has 0 bridgehead atoms. The number of amides is 1. The van der Waals surface area contributed by atoms with Crippen molar-refractivity contribution in [1.29, 1.82) is 0 Å². The van der Waals surface area contributed by atoms with Crippen LogP contribution in [-0.4, -0.2) is 29.5 Å². The van der Waals surface area contributed by atoms with Gasteiger partial charge in [0, 0.05) is 31.0 Å². The van der Waals surface area contributed by atoms with E-state index in [0.717, 1.165) is 5.56 Å². The number of hydrazine groups is 1. The summed E-state index contributed by atoms with van der Waals surface area (Å²) in [6, 6.07) is 0. The maximum absolute atomic E-state index is 11.2. The lowest BCUT2D eigenvalue weighted by Gasteiger charge is -2.20. The average molecular weight is 280 g/mol. The van der Waals surface area contributed by atoms with Crippen LogP contribution < -0.4 is 21.9 Å². The van der Waals surface area contributed by atoms with Crippen molar-refractivity contribution < 1.29 is 4.79 Å². The average Bonchev–Trinajstić information content (AvgIpc) is 2.39. The van der Waals surface area contributed by atoms with Crippen molar-refractivity contribution in [2.75, 3.05) is 24.3 Å². The molecule has 0 radical (unpaired) electrons. The molecule has 1 aromatic rings. The van der Waals surface area contributed by atoms with Crippen LogP contribution in [-0.2, 0) is 10.2 Å². The first-order valence-electron chi connectivity index (χ1n) is 6.59. The number of nitrogens with two attached hydrogens (primary N) is 1. The minimum atomic E-state index is -0.184. The molecule has 5 N–H and O–H groups in total. The molecule has 0 aliphatic carbocycles. The fourth-order valence-electron chi connectivity index (χ4n) is 1.58. The summed E-state index contributed by atoms with van der Waals surface area (Å²) in [6.45, 7) is 8.49. The van der Waals surface area contributed by atoms with Gasteiger partial charge in [-0.15, -0.1) is 0 Å². The molecule has 7 heteroatoms.